The van der Waals surface area contributed by atoms with Crippen LogP contribution >= 0.6 is 0 Å². The van der Waals surface area contributed by atoms with Gasteiger partial charge in [-0.2, -0.15) is 0 Å². The molecule has 0 atom stereocenters. The Labute approximate surface area is 175 Å². The number of benzene rings is 1. The van der Waals surface area contributed by atoms with Crippen LogP contribution in [0.5, 0.6) is 5.75 Å². The Bertz CT molecular complexity index is 779. The second kappa shape index (κ2) is 9.91. The number of likely N-dealkylation sites (N-methyl/N-ethyl adjacent to an activating group) is 1. The van der Waals surface area contributed by atoms with Gasteiger partial charge in [0.05, 0.1) is 4.75 Å². The summed E-state index contributed by atoms with van der Waals surface area (Å²) in [5, 5.41) is 2.97. The molecule has 2 N–H and O–H groups in total. The SMILES string of the molecule is CN(C)CCOc1cccc(NC(=O)C2CCC(NS(=O)(=O)C(C)(C)C)CC2)c1. The number of rotatable bonds is 8. The van der Waals surface area contributed by atoms with Crippen LogP contribution in [-0.4, -0.2) is 57.3 Å². The van der Waals surface area contributed by atoms with Crippen LogP contribution in [-0.2, 0) is 14.8 Å². The summed E-state index contributed by atoms with van der Waals surface area (Å²) in [7, 11) is 0.609. The zero-order valence-electron chi connectivity index (χ0n) is 18.2. The summed E-state index contributed by atoms with van der Waals surface area (Å²) in [6.45, 7) is 6.46. The van der Waals surface area contributed by atoms with Gasteiger partial charge in [-0.05, 0) is 72.7 Å². The van der Waals surface area contributed by atoms with Crippen LogP contribution in [0.3, 0.4) is 0 Å². The quantitative estimate of drug-likeness (QED) is 0.669. The Kier molecular flexibility index (Phi) is 8.08. The molecule has 0 bridgehead atoms. The molecule has 1 aliphatic carbocycles. The predicted molar refractivity (Wildman–Crippen MR) is 117 cm³/mol. The predicted octanol–water partition coefficient (Wildman–Crippen LogP) is 2.84. The van der Waals surface area contributed by atoms with Crippen molar-refractivity contribution in [2.75, 3.05) is 32.6 Å². The maximum absolute atomic E-state index is 12.6. The van der Waals surface area contributed by atoms with E-state index in [2.05, 4.69) is 10.0 Å². The van der Waals surface area contributed by atoms with Crippen LogP contribution in [0.15, 0.2) is 24.3 Å². The first-order chi connectivity index (χ1) is 13.5. The maximum Gasteiger partial charge on any atom is 0.227 e. The number of ether oxygens (including phenoxy) is 1. The van der Waals surface area contributed by atoms with Crippen LogP contribution in [0.4, 0.5) is 5.69 Å². The van der Waals surface area contributed by atoms with Crippen molar-refractivity contribution in [1.29, 1.82) is 0 Å². The minimum absolute atomic E-state index is 0.0208. The van der Waals surface area contributed by atoms with Gasteiger partial charge in [-0.15, -0.1) is 0 Å². The standard InChI is InChI=1S/C21H35N3O4S/c1-21(2,3)29(26,27)23-17-11-9-16(10-12-17)20(25)22-18-7-6-8-19(15-18)28-14-13-24(4)5/h6-8,15-17,23H,9-14H2,1-5H3,(H,22,25). The second-order valence-electron chi connectivity index (χ2n) is 8.95. The summed E-state index contributed by atoms with van der Waals surface area (Å²) in [5.74, 6) is 0.598. The molecular weight excluding hydrogens is 390 g/mol. The fraction of sp³-hybridized carbons (Fsp3) is 0.667. The van der Waals surface area contributed by atoms with Gasteiger partial charge in [-0.25, -0.2) is 13.1 Å². The first-order valence-corrected chi connectivity index (χ1v) is 11.7. The second-order valence-corrected chi connectivity index (χ2v) is 11.4. The van der Waals surface area contributed by atoms with E-state index < -0.39 is 14.8 Å². The lowest BCUT2D eigenvalue weighted by Crippen LogP contribution is -2.46. The fourth-order valence-electron chi connectivity index (χ4n) is 3.12. The molecule has 0 spiro atoms. The number of amides is 1. The highest BCUT2D eigenvalue weighted by Crippen LogP contribution is 2.28. The zero-order valence-corrected chi connectivity index (χ0v) is 19.0. The lowest BCUT2D eigenvalue weighted by Gasteiger charge is -2.30. The van der Waals surface area contributed by atoms with E-state index in [1.165, 1.54) is 0 Å². The van der Waals surface area contributed by atoms with E-state index in [0.717, 1.165) is 12.3 Å². The Balaban J connectivity index is 1.84. The number of carbonyl (C=O) groups is 1. The summed E-state index contributed by atoms with van der Waals surface area (Å²) in [6, 6.07) is 7.31. The van der Waals surface area contributed by atoms with Gasteiger partial charge in [-0.1, -0.05) is 6.07 Å². The lowest BCUT2D eigenvalue weighted by molar-refractivity contribution is -0.120. The molecule has 29 heavy (non-hydrogen) atoms. The number of carbonyl (C=O) groups excluding carboxylic acids is 1. The van der Waals surface area contributed by atoms with Crippen LogP contribution in [0.25, 0.3) is 0 Å². The number of hydrogen-bond donors (Lipinski definition) is 2. The topological polar surface area (TPSA) is 87.7 Å². The summed E-state index contributed by atoms with van der Waals surface area (Å²) in [5.41, 5.74) is 0.716. The fourth-order valence-corrected chi connectivity index (χ4v) is 4.15. The van der Waals surface area contributed by atoms with Crippen LogP contribution in [0.2, 0.25) is 0 Å². The highest BCUT2D eigenvalue weighted by atomic mass is 32.2. The largest absolute Gasteiger partial charge is 0.492 e. The molecule has 0 saturated heterocycles. The normalized spacial score (nSPS) is 20.5. The first kappa shape index (κ1) is 23.6. The molecule has 1 amide bonds. The van der Waals surface area contributed by atoms with Gasteiger partial charge >= 0.3 is 0 Å². The van der Waals surface area contributed by atoms with Crippen molar-refractivity contribution in [3.05, 3.63) is 24.3 Å². The molecule has 1 aliphatic rings. The van der Waals surface area contributed by atoms with Crippen LogP contribution in [0, 0.1) is 5.92 Å². The molecule has 1 fully saturated rings. The summed E-state index contributed by atoms with van der Waals surface area (Å²) in [4.78, 5) is 14.7. The highest BCUT2D eigenvalue weighted by Gasteiger charge is 2.34. The van der Waals surface area contributed by atoms with Crippen molar-refractivity contribution in [2.24, 2.45) is 5.92 Å². The van der Waals surface area contributed by atoms with Crippen molar-refractivity contribution in [3.8, 4) is 5.75 Å². The molecule has 0 unspecified atom stereocenters. The monoisotopic (exact) mass is 425 g/mol. The van der Waals surface area contributed by atoms with E-state index in [4.69, 9.17) is 4.74 Å². The minimum atomic E-state index is -3.37. The smallest absolute Gasteiger partial charge is 0.227 e. The Morgan fingerprint density at radius 3 is 2.41 bits per heavy atom. The molecule has 0 radical (unpaired) electrons. The van der Waals surface area contributed by atoms with Crippen molar-refractivity contribution in [3.63, 3.8) is 0 Å². The summed E-state index contributed by atoms with van der Waals surface area (Å²) in [6.07, 6.45) is 2.67. The van der Waals surface area contributed by atoms with Gasteiger partial charge < -0.3 is 15.0 Å². The van der Waals surface area contributed by atoms with E-state index in [0.29, 0.717) is 38.0 Å². The number of hydrogen-bond acceptors (Lipinski definition) is 5. The number of anilines is 1. The Morgan fingerprint density at radius 2 is 1.83 bits per heavy atom. The van der Waals surface area contributed by atoms with E-state index in [1.54, 1.807) is 20.8 Å². The Morgan fingerprint density at radius 1 is 1.17 bits per heavy atom. The third-order valence-electron chi connectivity index (χ3n) is 5.13. The molecule has 1 saturated carbocycles. The molecule has 1 aromatic carbocycles. The zero-order chi connectivity index (χ0) is 21.7. The minimum Gasteiger partial charge on any atom is -0.492 e. The number of sulfonamides is 1. The molecule has 0 aliphatic heterocycles. The van der Waals surface area contributed by atoms with E-state index in [9.17, 15) is 13.2 Å². The van der Waals surface area contributed by atoms with Gasteiger partial charge in [0.15, 0.2) is 0 Å². The van der Waals surface area contributed by atoms with Crippen LogP contribution in [0.1, 0.15) is 46.5 Å². The molecule has 2 rings (SSSR count). The van der Waals surface area contributed by atoms with Crippen molar-refractivity contribution >= 4 is 21.6 Å². The third-order valence-corrected chi connectivity index (χ3v) is 7.39. The average molecular weight is 426 g/mol. The van der Waals surface area contributed by atoms with Gasteiger partial charge in [0.25, 0.3) is 0 Å². The molecule has 8 heteroatoms. The number of nitrogens with zero attached hydrogens (tertiary/aromatic N) is 1. The van der Waals surface area contributed by atoms with Gasteiger partial charge in [0, 0.05) is 30.3 Å². The summed E-state index contributed by atoms with van der Waals surface area (Å²) < 4.78 is 32.3. The number of nitrogens with one attached hydrogen (secondary N) is 2. The maximum atomic E-state index is 12.6. The lowest BCUT2D eigenvalue weighted by atomic mass is 9.86. The van der Waals surface area contributed by atoms with Crippen molar-refractivity contribution in [2.45, 2.75) is 57.2 Å². The van der Waals surface area contributed by atoms with Crippen LogP contribution < -0.4 is 14.8 Å². The van der Waals surface area contributed by atoms with Crippen molar-refractivity contribution < 1.29 is 17.9 Å². The highest BCUT2D eigenvalue weighted by molar-refractivity contribution is 7.90. The summed E-state index contributed by atoms with van der Waals surface area (Å²) >= 11 is 0. The molecule has 164 valence electrons. The molecule has 1 aromatic rings. The third kappa shape index (κ3) is 7.28. The molecule has 7 nitrogen and oxygen atoms in total. The van der Waals surface area contributed by atoms with E-state index in [1.807, 2.05) is 43.3 Å². The Hall–Kier alpha value is -1.64. The first-order valence-electron chi connectivity index (χ1n) is 10.2. The molecule has 0 heterocycles. The van der Waals surface area contributed by atoms with Gasteiger partial charge in [0.1, 0.15) is 12.4 Å². The molecule has 0 aromatic heterocycles. The van der Waals surface area contributed by atoms with E-state index >= 15 is 0 Å². The average Bonchev–Trinajstić information content (AvgIpc) is 2.61. The van der Waals surface area contributed by atoms with Gasteiger partial charge in [0.2, 0.25) is 15.9 Å². The molecular formula is C21H35N3O4S. The van der Waals surface area contributed by atoms with Gasteiger partial charge in [-0.3, -0.25) is 4.79 Å². The van der Waals surface area contributed by atoms with Crippen molar-refractivity contribution in [1.82, 2.24) is 9.62 Å². The van der Waals surface area contributed by atoms with E-state index in [-0.39, 0.29) is 17.9 Å².